The monoisotopic (exact) mass is 333 g/mol. The summed E-state index contributed by atoms with van der Waals surface area (Å²) in [6.45, 7) is 0.390. The molecule has 1 aromatic carbocycles. The van der Waals surface area contributed by atoms with Gasteiger partial charge in [-0.2, -0.15) is 0 Å². The van der Waals surface area contributed by atoms with Gasteiger partial charge in [-0.25, -0.2) is 0 Å². The van der Waals surface area contributed by atoms with Crippen LogP contribution in [0.5, 0.6) is 5.75 Å². The molecule has 24 heavy (non-hydrogen) atoms. The minimum absolute atomic E-state index is 0.0330. The zero-order chi connectivity index (χ0) is 17.1. The second kappa shape index (κ2) is 7.19. The van der Waals surface area contributed by atoms with Gasteiger partial charge in [0.05, 0.1) is 12.1 Å². The molecule has 0 aliphatic carbocycles. The molecule has 2 aliphatic rings. The van der Waals surface area contributed by atoms with Crippen molar-refractivity contribution in [2.75, 3.05) is 6.54 Å². The van der Waals surface area contributed by atoms with E-state index in [0.717, 1.165) is 18.4 Å². The molecule has 7 heteroatoms. The summed E-state index contributed by atoms with van der Waals surface area (Å²) < 4.78 is 5.83. The third kappa shape index (κ3) is 4.04. The minimum Gasteiger partial charge on any atom is -0.508 e. The summed E-state index contributed by atoms with van der Waals surface area (Å²) in [6.07, 6.45) is 2.35. The number of amides is 2. The van der Waals surface area contributed by atoms with Crippen LogP contribution in [0.2, 0.25) is 0 Å². The zero-order valence-electron chi connectivity index (χ0n) is 13.4. The van der Waals surface area contributed by atoms with Gasteiger partial charge in [-0.15, -0.1) is 0 Å². The van der Waals surface area contributed by atoms with E-state index in [-0.39, 0.29) is 35.8 Å². The van der Waals surface area contributed by atoms with Crippen LogP contribution in [0, 0.1) is 5.92 Å². The molecule has 2 aliphatic heterocycles. The van der Waals surface area contributed by atoms with E-state index in [1.165, 1.54) is 0 Å². The minimum atomic E-state index is -0.655. The highest BCUT2D eigenvalue weighted by molar-refractivity contribution is 5.81. The number of nitrogens with one attached hydrogen (secondary N) is 2. The Kier molecular flexibility index (Phi) is 5.01. The van der Waals surface area contributed by atoms with E-state index in [1.807, 2.05) is 0 Å². The molecule has 0 saturated carbocycles. The fourth-order valence-corrected chi connectivity index (χ4v) is 3.23. The smallest absolute Gasteiger partial charge is 0.237 e. The van der Waals surface area contributed by atoms with Crippen molar-refractivity contribution in [2.45, 2.75) is 44.1 Å². The molecule has 0 bridgehead atoms. The lowest BCUT2D eigenvalue weighted by molar-refractivity contribution is -0.126. The average Bonchev–Trinajstić information content (AvgIpc) is 2.93. The Bertz CT molecular complexity index is 604. The van der Waals surface area contributed by atoms with Crippen molar-refractivity contribution in [3.8, 4) is 5.75 Å². The summed E-state index contributed by atoms with van der Waals surface area (Å²) in [7, 11) is 0. The molecule has 5 N–H and O–H groups in total. The van der Waals surface area contributed by atoms with Crippen LogP contribution in [0.3, 0.4) is 0 Å². The number of carbonyl (C=O) groups excluding carboxylic acids is 2. The van der Waals surface area contributed by atoms with Crippen LogP contribution in [0.15, 0.2) is 24.3 Å². The number of nitrogens with two attached hydrogens (primary N) is 1. The number of phenols is 1. The van der Waals surface area contributed by atoms with Crippen molar-refractivity contribution >= 4 is 11.8 Å². The van der Waals surface area contributed by atoms with E-state index < -0.39 is 6.04 Å². The molecule has 2 fully saturated rings. The lowest BCUT2D eigenvalue weighted by Gasteiger charge is -2.32. The van der Waals surface area contributed by atoms with Crippen LogP contribution >= 0.6 is 0 Å². The van der Waals surface area contributed by atoms with E-state index in [0.29, 0.717) is 19.4 Å². The molecule has 1 aromatic rings. The second-order valence-electron chi connectivity index (χ2n) is 6.51. The predicted molar refractivity (Wildman–Crippen MR) is 86.9 cm³/mol. The number of ether oxygens (including phenoxy) is 1. The van der Waals surface area contributed by atoms with Crippen molar-refractivity contribution in [1.29, 1.82) is 0 Å². The standard InChI is InChI=1S/C17H23N3O4/c18-14(7-10-1-4-12(21)5-2-10)16(23)19-9-13-6-3-11-8-15(22)20-17(11)24-13/h1-2,4-5,11,13-14,17,21H,3,6-9,18H2,(H,19,23)(H,20,22)/t11?,13-,14?,17?/m0/s1. The number of hydrogen-bond acceptors (Lipinski definition) is 5. The average molecular weight is 333 g/mol. The lowest BCUT2D eigenvalue weighted by atomic mass is 9.95. The molecule has 3 unspecified atom stereocenters. The number of phenolic OH excluding ortho intramolecular Hbond substituents is 1. The van der Waals surface area contributed by atoms with Gasteiger partial charge in [0.1, 0.15) is 12.0 Å². The molecule has 0 aromatic heterocycles. The Labute approximate surface area is 140 Å². The number of carbonyl (C=O) groups is 2. The van der Waals surface area contributed by atoms with Crippen molar-refractivity contribution < 1.29 is 19.4 Å². The van der Waals surface area contributed by atoms with Gasteiger partial charge in [-0.3, -0.25) is 9.59 Å². The highest BCUT2D eigenvalue weighted by atomic mass is 16.5. The van der Waals surface area contributed by atoms with Crippen molar-refractivity contribution in [1.82, 2.24) is 10.6 Å². The fourth-order valence-electron chi connectivity index (χ4n) is 3.23. The fraction of sp³-hybridized carbons (Fsp3) is 0.529. The normalized spacial score (nSPS) is 27.2. The first-order valence-electron chi connectivity index (χ1n) is 8.27. The van der Waals surface area contributed by atoms with Crippen LogP contribution in [-0.4, -0.2) is 41.8 Å². The number of hydrogen-bond donors (Lipinski definition) is 4. The van der Waals surface area contributed by atoms with E-state index in [4.69, 9.17) is 10.5 Å². The van der Waals surface area contributed by atoms with Gasteiger partial charge in [0.25, 0.3) is 0 Å². The first-order chi connectivity index (χ1) is 11.5. The van der Waals surface area contributed by atoms with Gasteiger partial charge in [-0.05, 0) is 37.0 Å². The summed E-state index contributed by atoms with van der Waals surface area (Å²) in [5, 5.41) is 14.9. The highest BCUT2D eigenvalue weighted by Crippen LogP contribution is 2.29. The Morgan fingerprint density at radius 2 is 2.12 bits per heavy atom. The summed E-state index contributed by atoms with van der Waals surface area (Å²) in [5.41, 5.74) is 6.82. The number of benzene rings is 1. The molecule has 2 heterocycles. The molecule has 2 saturated heterocycles. The second-order valence-corrected chi connectivity index (χ2v) is 6.51. The summed E-state index contributed by atoms with van der Waals surface area (Å²) in [4.78, 5) is 23.5. The maximum Gasteiger partial charge on any atom is 0.237 e. The first kappa shape index (κ1) is 16.7. The molecule has 130 valence electrons. The van der Waals surface area contributed by atoms with Crippen LogP contribution in [0.4, 0.5) is 0 Å². The van der Waals surface area contributed by atoms with Crippen molar-refractivity contribution in [3.05, 3.63) is 29.8 Å². The maximum absolute atomic E-state index is 12.1. The third-order valence-corrected chi connectivity index (χ3v) is 4.61. The Morgan fingerprint density at radius 1 is 1.38 bits per heavy atom. The van der Waals surface area contributed by atoms with E-state index in [9.17, 15) is 14.7 Å². The predicted octanol–water partition coefficient (Wildman–Crippen LogP) is 0.0194. The van der Waals surface area contributed by atoms with Gasteiger partial charge >= 0.3 is 0 Å². The van der Waals surface area contributed by atoms with Gasteiger partial charge < -0.3 is 26.2 Å². The number of rotatable bonds is 5. The Balaban J connectivity index is 1.43. The molecule has 0 spiro atoms. The SMILES string of the molecule is NC(Cc1ccc(O)cc1)C(=O)NC[C@@H]1CCC2CC(=O)NC2O1. The molecular weight excluding hydrogens is 310 g/mol. The first-order valence-corrected chi connectivity index (χ1v) is 8.27. The van der Waals surface area contributed by atoms with E-state index in [1.54, 1.807) is 24.3 Å². The summed E-state index contributed by atoms with van der Waals surface area (Å²) in [6, 6.07) is 5.98. The highest BCUT2D eigenvalue weighted by Gasteiger charge is 2.38. The van der Waals surface area contributed by atoms with Crippen molar-refractivity contribution in [3.63, 3.8) is 0 Å². The summed E-state index contributed by atoms with van der Waals surface area (Å²) in [5.74, 6) is 0.236. The zero-order valence-corrected chi connectivity index (χ0v) is 13.4. The van der Waals surface area contributed by atoms with Gasteiger partial charge in [0, 0.05) is 18.9 Å². The summed E-state index contributed by atoms with van der Waals surface area (Å²) >= 11 is 0. The van der Waals surface area contributed by atoms with Gasteiger partial charge in [0.15, 0.2) is 0 Å². The quantitative estimate of drug-likeness (QED) is 0.607. The molecule has 3 rings (SSSR count). The number of aromatic hydroxyl groups is 1. The molecular formula is C17H23N3O4. The Morgan fingerprint density at radius 3 is 2.88 bits per heavy atom. The van der Waals surface area contributed by atoms with Crippen molar-refractivity contribution in [2.24, 2.45) is 11.7 Å². The van der Waals surface area contributed by atoms with Gasteiger partial charge in [-0.1, -0.05) is 12.1 Å². The van der Waals surface area contributed by atoms with E-state index in [2.05, 4.69) is 10.6 Å². The lowest BCUT2D eigenvalue weighted by Crippen LogP contribution is -2.48. The maximum atomic E-state index is 12.1. The van der Waals surface area contributed by atoms with Crippen LogP contribution in [0.25, 0.3) is 0 Å². The molecule has 2 amide bonds. The largest absolute Gasteiger partial charge is 0.508 e. The Hall–Kier alpha value is -2.12. The topological polar surface area (TPSA) is 114 Å². The van der Waals surface area contributed by atoms with E-state index >= 15 is 0 Å². The third-order valence-electron chi connectivity index (χ3n) is 4.61. The van der Waals surface area contributed by atoms with Gasteiger partial charge in [0.2, 0.25) is 11.8 Å². The van der Waals surface area contributed by atoms with Crippen LogP contribution in [0.1, 0.15) is 24.8 Å². The molecule has 0 radical (unpaired) electrons. The number of fused-ring (bicyclic) bond motifs is 1. The van der Waals surface area contributed by atoms with Crippen LogP contribution in [-0.2, 0) is 20.7 Å². The molecule has 7 nitrogen and oxygen atoms in total. The van der Waals surface area contributed by atoms with Crippen LogP contribution < -0.4 is 16.4 Å². The molecule has 4 atom stereocenters.